The van der Waals surface area contributed by atoms with Gasteiger partial charge in [0.15, 0.2) is 0 Å². The highest BCUT2D eigenvalue weighted by Crippen LogP contribution is 2.36. The van der Waals surface area contributed by atoms with Crippen molar-refractivity contribution in [1.29, 1.82) is 0 Å². The van der Waals surface area contributed by atoms with Gasteiger partial charge in [-0.3, -0.25) is 0 Å². The van der Waals surface area contributed by atoms with Gasteiger partial charge in [-0.2, -0.15) is 0 Å². The van der Waals surface area contributed by atoms with Gasteiger partial charge in [-0.15, -0.1) is 11.3 Å². The molecule has 32 heavy (non-hydrogen) atoms. The van der Waals surface area contributed by atoms with E-state index in [0.29, 0.717) is 39.3 Å². The van der Waals surface area contributed by atoms with Crippen LogP contribution in [0.1, 0.15) is 20.8 Å². The highest BCUT2D eigenvalue weighted by atomic mass is 32.1. The van der Waals surface area contributed by atoms with Gasteiger partial charge in [-0.05, 0) is 17.5 Å². The van der Waals surface area contributed by atoms with Crippen LogP contribution in [0.15, 0.2) is 23.7 Å². The standard InChI is InChI=1S/C22H30N4O5S/c1-21(2,3)22(13-25(8-9-30-22)20(28)29-4)12-23-19(27)26-10-15(11-26)31-16-6-5-7-17-18(16)24-14-32-17/h5-7,14-15H,8-13H2,1-4H3,(H,23,27). The number of hydrogen-bond acceptors (Lipinski definition) is 7. The summed E-state index contributed by atoms with van der Waals surface area (Å²) in [5, 5.41) is 3.01. The molecule has 174 valence electrons. The van der Waals surface area contributed by atoms with Gasteiger partial charge in [0.05, 0.1) is 50.1 Å². The molecule has 1 aromatic carbocycles. The Morgan fingerprint density at radius 3 is 2.81 bits per heavy atom. The number of ether oxygens (including phenoxy) is 3. The van der Waals surface area contributed by atoms with E-state index in [9.17, 15) is 9.59 Å². The number of carbonyl (C=O) groups is 2. The molecule has 1 unspecified atom stereocenters. The zero-order valence-corrected chi connectivity index (χ0v) is 19.7. The van der Waals surface area contributed by atoms with Crippen molar-refractivity contribution in [2.45, 2.75) is 32.5 Å². The van der Waals surface area contributed by atoms with E-state index < -0.39 is 5.60 Å². The summed E-state index contributed by atoms with van der Waals surface area (Å²) < 4.78 is 18.2. The summed E-state index contributed by atoms with van der Waals surface area (Å²) in [4.78, 5) is 32.5. The van der Waals surface area contributed by atoms with Gasteiger partial charge < -0.3 is 29.3 Å². The Balaban J connectivity index is 1.33. The van der Waals surface area contributed by atoms with E-state index >= 15 is 0 Å². The first-order chi connectivity index (χ1) is 15.2. The summed E-state index contributed by atoms with van der Waals surface area (Å²) in [5.74, 6) is 0.749. The van der Waals surface area contributed by atoms with Crippen LogP contribution in [0.25, 0.3) is 10.2 Å². The van der Waals surface area contributed by atoms with Gasteiger partial charge in [0, 0.05) is 6.54 Å². The smallest absolute Gasteiger partial charge is 0.409 e. The first-order valence-corrected chi connectivity index (χ1v) is 11.6. The maximum atomic E-state index is 12.8. The third kappa shape index (κ3) is 4.33. The van der Waals surface area contributed by atoms with E-state index in [1.807, 2.05) is 39.0 Å². The van der Waals surface area contributed by atoms with Crippen molar-refractivity contribution >= 4 is 33.7 Å². The molecule has 1 N–H and O–H groups in total. The third-order valence-electron chi connectivity index (χ3n) is 6.26. The second kappa shape index (κ2) is 8.74. The van der Waals surface area contributed by atoms with Crippen molar-refractivity contribution in [1.82, 2.24) is 20.1 Å². The lowest BCUT2D eigenvalue weighted by Crippen LogP contribution is -2.66. The molecule has 0 saturated carbocycles. The second-order valence-corrected chi connectivity index (χ2v) is 10.1. The van der Waals surface area contributed by atoms with Gasteiger partial charge in [0.2, 0.25) is 0 Å². The Bertz CT molecular complexity index is 984. The predicted molar refractivity (Wildman–Crippen MR) is 121 cm³/mol. The van der Waals surface area contributed by atoms with Gasteiger partial charge in [-0.25, -0.2) is 14.6 Å². The molecular weight excluding hydrogens is 432 g/mol. The van der Waals surface area contributed by atoms with Crippen LogP contribution in [-0.4, -0.2) is 85.1 Å². The molecule has 2 aromatic rings. The number of urea groups is 1. The largest absolute Gasteiger partial charge is 0.484 e. The average Bonchev–Trinajstić information content (AvgIpc) is 3.22. The van der Waals surface area contributed by atoms with Crippen molar-refractivity contribution in [2.75, 3.05) is 46.4 Å². The van der Waals surface area contributed by atoms with Gasteiger partial charge >= 0.3 is 12.1 Å². The van der Waals surface area contributed by atoms with E-state index in [1.165, 1.54) is 7.11 Å². The quantitative estimate of drug-likeness (QED) is 0.751. The maximum Gasteiger partial charge on any atom is 0.409 e. The lowest BCUT2D eigenvalue weighted by molar-refractivity contribution is -0.156. The van der Waals surface area contributed by atoms with Crippen LogP contribution >= 0.6 is 11.3 Å². The zero-order valence-electron chi connectivity index (χ0n) is 18.9. The number of aromatic nitrogens is 1. The Kier molecular flexibility index (Phi) is 6.17. The Morgan fingerprint density at radius 1 is 1.31 bits per heavy atom. The van der Waals surface area contributed by atoms with Crippen molar-refractivity contribution in [3.8, 4) is 5.75 Å². The van der Waals surface area contributed by atoms with E-state index in [2.05, 4.69) is 10.3 Å². The molecule has 0 aliphatic carbocycles. The third-order valence-corrected chi connectivity index (χ3v) is 7.06. The van der Waals surface area contributed by atoms with Crippen molar-refractivity contribution < 1.29 is 23.8 Å². The minimum atomic E-state index is -0.712. The number of carbonyl (C=O) groups excluding carboxylic acids is 2. The molecular formula is C22H30N4O5S. The van der Waals surface area contributed by atoms with E-state index in [1.54, 1.807) is 26.6 Å². The Hall–Kier alpha value is -2.59. The van der Waals surface area contributed by atoms with Crippen LogP contribution in [0.4, 0.5) is 9.59 Å². The number of fused-ring (bicyclic) bond motifs is 1. The van der Waals surface area contributed by atoms with Crippen LogP contribution in [0.3, 0.4) is 0 Å². The lowest BCUT2D eigenvalue weighted by Gasteiger charge is -2.50. The molecule has 2 aliphatic rings. The number of amides is 3. The molecule has 3 heterocycles. The number of likely N-dealkylation sites (tertiary alicyclic amines) is 1. The lowest BCUT2D eigenvalue weighted by atomic mass is 9.75. The number of thiazole rings is 1. The first kappa shape index (κ1) is 22.6. The van der Waals surface area contributed by atoms with Gasteiger partial charge in [-0.1, -0.05) is 26.8 Å². The van der Waals surface area contributed by atoms with Crippen LogP contribution in [-0.2, 0) is 9.47 Å². The van der Waals surface area contributed by atoms with Crippen LogP contribution in [0.2, 0.25) is 0 Å². The predicted octanol–water partition coefficient (Wildman–Crippen LogP) is 2.95. The molecule has 3 amide bonds. The summed E-state index contributed by atoms with van der Waals surface area (Å²) in [6, 6.07) is 5.71. The van der Waals surface area contributed by atoms with Crippen LogP contribution < -0.4 is 10.1 Å². The van der Waals surface area contributed by atoms with Crippen molar-refractivity contribution in [3.63, 3.8) is 0 Å². The van der Waals surface area contributed by atoms with E-state index in [4.69, 9.17) is 14.2 Å². The monoisotopic (exact) mass is 462 g/mol. The maximum absolute atomic E-state index is 12.8. The van der Waals surface area contributed by atoms with Crippen LogP contribution in [0, 0.1) is 5.41 Å². The molecule has 2 aliphatic heterocycles. The fourth-order valence-corrected chi connectivity index (χ4v) is 4.73. The SMILES string of the molecule is COC(=O)N1CCOC(CNC(=O)N2CC(Oc3cccc4scnc34)C2)(C(C)(C)C)C1. The molecule has 9 nitrogen and oxygen atoms in total. The zero-order chi connectivity index (χ0) is 22.9. The van der Waals surface area contributed by atoms with Crippen molar-refractivity contribution in [3.05, 3.63) is 23.7 Å². The molecule has 1 aromatic heterocycles. The highest BCUT2D eigenvalue weighted by molar-refractivity contribution is 7.16. The number of benzene rings is 1. The Labute approximate surface area is 191 Å². The summed E-state index contributed by atoms with van der Waals surface area (Å²) in [5.41, 5.74) is 1.64. The molecule has 0 radical (unpaired) electrons. The fourth-order valence-electron chi connectivity index (χ4n) is 4.04. The molecule has 10 heteroatoms. The molecule has 0 spiro atoms. The minimum absolute atomic E-state index is 0.0645. The molecule has 2 fully saturated rings. The van der Waals surface area contributed by atoms with Gasteiger partial charge in [0.25, 0.3) is 0 Å². The highest BCUT2D eigenvalue weighted by Gasteiger charge is 2.48. The molecule has 0 bridgehead atoms. The summed E-state index contributed by atoms with van der Waals surface area (Å²) in [7, 11) is 1.37. The number of methoxy groups -OCH3 is 1. The number of hydrogen-bond donors (Lipinski definition) is 1. The molecule has 1 atom stereocenters. The first-order valence-electron chi connectivity index (χ1n) is 10.7. The van der Waals surface area contributed by atoms with Crippen molar-refractivity contribution in [2.24, 2.45) is 5.41 Å². The number of para-hydroxylation sites is 1. The molecule has 4 rings (SSSR count). The number of morpholine rings is 1. The second-order valence-electron chi connectivity index (χ2n) is 9.24. The summed E-state index contributed by atoms with van der Waals surface area (Å²) in [6.07, 6.45) is -0.448. The van der Waals surface area contributed by atoms with Crippen LogP contribution in [0.5, 0.6) is 5.75 Å². The summed E-state index contributed by atoms with van der Waals surface area (Å²) in [6.45, 7) is 8.66. The summed E-state index contributed by atoms with van der Waals surface area (Å²) >= 11 is 1.57. The number of rotatable bonds is 4. The normalized spacial score (nSPS) is 21.9. The van der Waals surface area contributed by atoms with E-state index in [-0.39, 0.29) is 23.6 Å². The number of nitrogens with one attached hydrogen (secondary N) is 1. The van der Waals surface area contributed by atoms with Gasteiger partial charge in [0.1, 0.15) is 23.0 Å². The Morgan fingerprint density at radius 2 is 2.09 bits per heavy atom. The van der Waals surface area contributed by atoms with E-state index in [0.717, 1.165) is 16.0 Å². The average molecular weight is 463 g/mol. The molecule has 2 saturated heterocycles. The fraction of sp³-hybridized carbons (Fsp3) is 0.591. The topological polar surface area (TPSA) is 93.2 Å². The minimum Gasteiger partial charge on any atom is -0.484 e. The number of nitrogens with zero attached hydrogens (tertiary/aromatic N) is 3.